The summed E-state index contributed by atoms with van der Waals surface area (Å²) in [4.78, 5) is 49.7. The van der Waals surface area contributed by atoms with Gasteiger partial charge in [-0.05, 0) is 32.3 Å². The predicted octanol–water partition coefficient (Wildman–Crippen LogP) is 7.80. The number of carbonyl (C=O) groups excluding carboxylic acids is 4. The molecule has 0 heterocycles. The van der Waals surface area contributed by atoms with Gasteiger partial charge in [-0.1, -0.05) is 117 Å². The van der Waals surface area contributed by atoms with Crippen LogP contribution in [0.2, 0.25) is 0 Å². The standard InChI is InChI=1S/C38H66N2O7/c1-6-10-11-12-13-14-15-16-17-18-19-20-21-22-23-24-27-46-36(43)26-25-35(42)40-33-28-31(38(44)45-9-4)29-34(37(33)39-30(5)41)47-32(7-2)8-3/h25-26,29,32-34,37H,6-24,27-28H2,1-5H3,(H,39,41)(H,40,42)/b26-25+/t33-,34-,37-/m1/s1. The van der Waals surface area contributed by atoms with Crippen molar-refractivity contribution in [2.24, 2.45) is 0 Å². The first kappa shape index (κ1) is 42.3. The molecule has 1 aliphatic rings. The molecule has 3 atom stereocenters. The minimum Gasteiger partial charge on any atom is -0.463 e. The molecule has 0 aliphatic heterocycles. The molecule has 9 heteroatoms. The summed E-state index contributed by atoms with van der Waals surface area (Å²) >= 11 is 0. The molecular weight excluding hydrogens is 596 g/mol. The number of nitrogens with one attached hydrogen (secondary N) is 2. The van der Waals surface area contributed by atoms with Crippen LogP contribution in [0.5, 0.6) is 0 Å². The third-order valence-corrected chi connectivity index (χ3v) is 8.70. The average molecular weight is 663 g/mol. The van der Waals surface area contributed by atoms with Gasteiger partial charge in [-0.15, -0.1) is 0 Å². The van der Waals surface area contributed by atoms with Crippen LogP contribution < -0.4 is 10.6 Å². The van der Waals surface area contributed by atoms with E-state index in [2.05, 4.69) is 17.6 Å². The first-order chi connectivity index (χ1) is 22.7. The first-order valence-corrected chi connectivity index (χ1v) is 18.7. The summed E-state index contributed by atoms with van der Waals surface area (Å²) in [6.45, 7) is 9.92. The molecule has 270 valence electrons. The van der Waals surface area contributed by atoms with E-state index in [0.29, 0.717) is 12.2 Å². The molecule has 2 N–H and O–H groups in total. The zero-order chi connectivity index (χ0) is 34.7. The van der Waals surface area contributed by atoms with Gasteiger partial charge in [0.15, 0.2) is 0 Å². The number of ether oxygens (including phenoxy) is 3. The molecule has 0 saturated carbocycles. The summed E-state index contributed by atoms with van der Waals surface area (Å²) in [7, 11) is 0. The van der Waals surface area contributed by atoms with Crippen LogP contribution >= 0.6 is 0 Å². The molecule has 0 fully saturated rings. The lowest BCUT2D eigenvalue weighted by Gasteiger charge is -2.38. The third kappa shape index (κ3) is 20.3. The fourth-order valence-electron chi connectivity index (χ4n) is 5.97. The summed E-state index contributed by atoms with van der Waals surface area (Å²) in [5.74, 6) is -1.88. The Morgan fingerprint density at radius 3 is 1.77 bits per heavy atom. The van der Waals surface area contributed by atoms with Crippen molar-refractivity contribution >= 4 is 23.8 Å². The van der Waals surface area contributed by atoms with E-state index in [9.17, 15) is 19.2 Å². The summed E-state index contributed by atoms with van der Waals surface area (Å²) in [6, 6.07) is -1.26. The number of amides is 2. The lowest BCUT2D eigenvalue weighted by molar-refractivity contribution is -0.139. The molecular formula is C38H66N2O7. The van der Waals surface area contributed by atoms with Crippen LogP contribution in [0, 0.1) is 0 Å². The zero-order valence-corrected chi connectivity index (χ0v) is 30.2. The molecule has 0 radical (unpaired) electrons. The van der Waals surface area contributed by atoms with Crippen molar-refractivity contribution in [3.63, 3.8) is 0 Å². The highest BCUT2D eigenvalue weighted by atomic mass is 16.5. The topological polar surface area (TPSA) is 120 Å². The monoisotopic (exact) mass is 662 g/mol. The van der Waals surface area contributed by atoms with Gasteiger partial charge < -0.3 is 24.8 Å². The van der Waals surface area contributed by atoms with Gasteiger partial charge in [0.1, 0.15) is 0 Å². The highest BCUT2D eigenvalue weighted by Gasteiger charge is 2.38. The number of carbonyl (C=O) groups is 4. The van der Waals surface area contributed by atoms with Gasteiger partial charge in [-0.25, -0.2) is 9.59 Å². The van der Waals surface area contributed by atoms with Gasteiger partial charge in [0.05, 0.1) is 37.5 Å². The molecule has 0 unspecified atom stereocenters. The van der Waals surface area contributed by atoms with E-state index in [0.717, 1.165) is 44.3 Å². The Labute approximate surface area is 285 Å². The zero-order valence-electron chi connectivity index (χ0n) is 30.2. The largest absolute Gasteiger partial charge is 0.463 e. The third-order valence-electron chi connectivity index (χ3n) is 8.70. The Morgan fingerprint density at radius 1 is 0.745 bits per heavy atom. The van der Waals surface area contributed by atoms with E-state index < -0.39 is 36.0 Å². The number of hydrogen-bond acceptors (Lipinski definition) is 7. The van der Waals surface area contributed by atoms with E-state index in [1.807, 2.05) is 13.8 Å². The van der Waals surface area contributed by atoms with Crippen LogP contribution in [-0.4, -0.2) is 61.3 Å². The van der Waals surface area contributed by atoms with Gasteiger partial charge >= 0.3 is 11.9 Å². The van der Waals surface area contributed by atoms with Crippen molar-refractivity contribution in [3.05, 3.63) is 23.8 Å². The van der Waals surface area contributed by atoms with Gasteiger partial charge in [-0.3, -0.25) is 9.59 Å². The van der Waals surface area contributed by atoms with E-state index in [1.54, 1.807) is 13.0 Å². The lowest BCUT2D eigenvalue weighted by atomic mass is 9.87. The van der Waals surface area contributed by atoms with Crippen molar-refractivity contribution in [2.75, 3.05) is 13.2 Å². The summed E-state index contributed by atoms with van der Waals surface area (Å²) in [6.07, 6.45) is 25.3. The fraction of sp³-hybridized carbons (Fsp3) is 0.789. The second-order valence-corrected chi connectivity index (χ2v) is 12.8. The lowest BCUT2D eigenvalue weighted by Crippen LogP contribution is -2.59. The number of rotatable bonds is 27. The maximum Gasteiger partial charge on any atom is 0.333 e. The summed E-state index contributed by atoms with van der Waals surface area (Å²) in [5, 5.41) is 5.73. The molecule has 0 bridgehead atoms. The maximum atomic E-state index is 12.8. The Balaban J connectivity index is 2.39. The molecule has 2 amide bonds. The van der Waals surface area contributed by atoms with Crippen molar-refractivity contribution in [1.82, 2.24) is 10.6 Å². The predicted molar refractivity (Wildman–Crippen MR) is 188 cm³/mol. The van der Waals surface area contributed by atoms with Crippen LogP contribution in [0.3, 0.4) is 0 Å². The highest BCUT2D eigenvalue weighted by molar-refractivity contribution is 5.95. The van der Waals surface area contributed by atoms with Gasteiger partial charge in [0.25, 0.3) is 0 Å². The van der Waals surface area contributed by atoms with Crippen LogP contribution in [0.1, 0.15) is 157 Å². The van der Waals surface area contributed by atoms with Crippen LogP contribution in [0.25, 0.3) is 0 Å². The van der Waals surface area contributed by atoms with E-state index in [1.165, 1.54) is 90.4 Å². The molecule has 1 aliphatic carbocycles. The second-order valence-electron chi connectivity index (χ2n) is 12.8. The Bertz CT molecular complexity index is 944. The van der Waals surface area contributed by atoms with Gasteiger partial charge in [-0.2, -0.15) is 0 Å². The molecule has 0 spiro atoms. The van der Waals surface area contributed by atoms with E-state index in [4.69, 9.17) is 14.2 Å². The molecule has 0 aromatic carbocycles. The van der Waals surface area contributed by atoms with Crippen molar-refractivity contribution < 1.29 is 33.4 Å². The van der Waals surface area contributed by atoms with Crippen LogP contribution in [0.4, 0.5) is 0 Å². The second kappa shape index (κ2) is 27.3. The molecule has 47 heavy (non-hydrogen) atoms. The minimum atomic E-state index is -0.652. The number of esters is 2. The number of hydrogen-bond donors (Lipinski definition) is 2. The van der Waals surface area contributed by atoms with Crippen molar-refractivity contribution in [1.29, 1.82) is 0 Å². The smallest absolute Gasteiger partial charge is 0.333 e. The van der Waals surface area contributed by atoms with Gasteiger partial charge in [0, 0.05) is 31.1 Å². The fourth-order valence-corrected chi connectivity index (χ4v) is 5.97. The first-order valence-electron chi connectivity index (χ1n) is 18.7. The number of unbranched alkanes of at least 4 members (excludes halogenated alkanes) is 15. The van der Waals surface area contributed by atoms with Gasteiger partial charge in [0.2, 0.25) is 11.8 Å². The van der Waals surface area contributed by atoms with Crippen LogP contribution in [0.15, 0.2) is 23.8 Å². The normalized spacial score (nSPS) is 17.8. The van der Waals surface area contributed by atoms with E-state index in [-0.39, 0.29) is 25.0 Å². The molecule has 0 saturated heterocycles. The molecule has 0 aromatic rings. The average Bonchev–Trinajstić information content (AvgIpc) is 3.05. The van der Waals surface area contributed by atoms with Crippen LogP contribution in [-0.2, 0) is 33.4 Å². The Kier molecular flexibility index (Phi) is 24.6. The van der Waals surface area contributed by atoms with Crippen molar-refractivity contribution in [2.45, 2.75) is 181 Å². The van der Waals surface area contributed by atoms with E-state index >= 15 is 0 Å². The quantitative estimate of drug-likeness (QED) is 0.0523. The highest BCUT2D eigenvalue weighted by Crippen LogP contribution is 2.25. The Morgan fingerprint density at radius 2 is 1.28 bits per heavy atom. The maximum absolute atomic E-state index is 12.8. The summed E-state index contributed by atoms with van der Waals surface area (Å²) in [5.41, 5.74) is 0.372. The Hall–Kier alpha value is -2.68. The SMILES string of the molecule is CCCCCCCCCCCCCCCCCCOC(=O)/C=C/C(=O)N[C@@H]1CC(C(=O)OCC)=C[C@@H](OC(CC)CC)[C@@H]1NC(C)=O. The molecule has 0 aromatic heterocycles. The molecule has 9 nitrogen and oxygen atoms in total. The molecule has 1 rings (SSSR count). The minimum absolute atomic E-state index is 0.0885. The van der Waals surface area contributed by atoms with Crippen molar-refractivity contribution in [3.8, 4) is 0 Å². The summed E-state index contributed by atoms with van der Waals surface area (Å²) < 4.78 is 16.7.